The van der Waals surface area contributed by atoms with Crippen LogP contribution in [0.3, 0.4) is 0 Å². The van der Waals surface area contributed by atoms with Crippen LogP contribution < -0.4 is 0 Å². The van der Waals surface area contributed by atoms with E-state index in [1.807, 2.05) is 0 Å². The van der Waals surface area contributed by atoms with Gasteiger partial charge in [0.25, 0.3) is 0 Å². The fraction of sp³-hybridized carbons (Fsp3) is 0.0526. The lowest BCUT2D eigenvalue weighted by Gasteiger charge is -2.23. The third-order valence-corrected chi connectivity index (χ3v) is 24.9. The molecule has 0 saturated carbocycles. The Morgan fingerprint density at radius 3 is 0.763 bits per heavy atom. The monoisotopic (exact) mass is 1450 g/mol. The molecular weight excluding hydrogens is 1370 g/mol. The summed E-state index contributed by atoms with van der Waals surface area (Å²) in [6.07, 6.45) is 0. The number of fused-ring (bicyclic) bond motifs is 14. The van der Waals surface area contributed by atoms with Gasteiger partial charge in [-0.1, -0.05) is 392 Å². The zero-order chi connectivity index (χ0) is 76.2. The van der Waals surface area contributed by atoms with E-state index >= 15 is 0 Å². The number of rotatable bonds is 10. The molecule has 0 amide bonds. The largest absolute Gasteiger partial charge is 0.0622 e. The molecule has 0 aromatic heterocycles. The Morgan fingerprint density at radius 2 is 0.395 bits per heavy atom. The average molecular weight is 1450 g/mol. The first kappa shape index (κ1) is 68.0. The summed E-state index contributed by atoms with van der Waals surface area (Å²) in [6, 6.07) is 153. The maximum atomic E-state index is 2.48. The highest BCUT2D eigenvalue weighted by Gasteiger charge is 2.39. The summed E-state index contributed by atoms with van der Waals surface area (Å²) in [7, 11) is 0. The van der Waals surface area contributed by atoms with Crippen LogP contribution in [0.2, 0.25) is 0 Å². The van der Waals surface area contributed by atoms with Gasteiger partial charge in [-0.25, -0.2) is 0 Å². The second-order valence-corrected chi connectivity index (χ2v) is 32.1. The van der Waals surface area contributed by atoms with Gasteiger partial charge in [0.15, 0.2) is 0 Å². The first-order valence-corrected chi connectivity index (χ1v) is 40.0. The van der Waals surface area contributed by atoms with Gasteiger partial charge in [-0.3, -0.25) is 0 Å². The van der Waals surface area contributed by atoms with Crippen LogP contribution in [0.5, 0.6) is 0 Å². The molecule has 0 unspecified atom stereocenters. The van der Waals surface area contributed by atoms with Crippen molar-refractivity contribution in [3.05, 3.63) is 435 Å². The van der Waals surface area contributed by atoms with Crippen LogP contribution in [-0.4, -0.2) is 0 Å². The molecule has 2 aliphatic carbocycles. The molecule has 0 aliphatic heterocycles. The molecule has 0 radical (unpaired) electrons. The minimum absolute atomic E-state index is 0.0701. The van der Waals surface area contributed by atoms with Crippen LogP contribution in [0.25, 0.3) is 198 Å². The summed E-state index contributed by atoms with van der Waals surface area (Å²) >= 11 is 0. The van der Waals surface area contributed by atoms with Gasteiger partial charge in [0, 0.05) is 10.8 Å². The molecule has 0 heterocycles. The molecule has 22 rings (SSSR count). The van der Waals surface area contributed by atoms with Gasteiger partial charge >= 0.3 is 0 Å². The predicted octanol–water partition coefficient (Wildman–Crippen LogP) is 31.6. The predicted molar refractivity (Wildman–Crippen MR) is 487 cm³/mol. The summed E-state index contributed by atoms with van der Waals surface area (Å²) < 4.78 is 0. The van der Waals surface area contributed by atoms with Gasteiger partial charge in [0.1, 0.15) is 0 Å². The number of benzene rings is 20. The highest BCUT2D eigenvalue weighted by molar-refractivity contribution is 6.23. The van der Waals surface area contributed by atoms with Crippen LogP contribution >= 0.6 is 0 Å². The average Bonchev–Trinajstić information content (AvgIpc) is 1.56. The molecule has 114 heavy (non-hydrogen) atoms. The first-order valence-electron chi connectivity index (χ1n) is 40.0. The number of hydrogen-bond acceptors (Lipinski definition) is 0. The Balaban J connectivity index is 0.000000143. The fourth-order valence-electron chi connectivity index (χ4n) is 19.4. The van der Waals surface area contributed by atoms with E-state index < -0.39 is 0 Å². The molecule has 0 saturated heterocycles. The van der Waals surface area contributed by atoms with E-state index in [0.29, 0.717) is 0 Å². The Morgan fingerprint density at radius 1 is 0.140 bits per heavy atom. The van der Waals surface area contributed by atoms with E-state index in [-0.39, 0.29) is 10.8 Å². The van der Waals surface area contributed by atoms with Gasteiger partial charge in [-0.2, -0.15) is 0 Å². The highest BCUT2D eigenvalue weighted by Crippen LogP contribution is 2.56. The van der Waals surface area contributed by atoms with Crippen molar-refractivity contribution in [1.29, 1.82) is 0 Å². The molecule has 20 aromatic rings. The maximum absolute atomic E-state index is 2.48. The van der Waals surface area contributed by atoms with Gasteiger partial charge < -0.3 is 0 Å². The fourth-order valence-corrected chi connectivity index (χ4v) is 19.4. The summed E-state index contributed by atoms with van der Waals surface area (Å²) in [5.41, 5.74) is 35.6. The minimum atomic E-state index is -0.0871. The summed E-state index contributed by atoms with van der Waals surface area (Å²) in [5.74, 6) is 0. The Labute approximate surface area is 666 Å². The second-order valence-electron chi connectivity index (χ2n) is 32.1. The van der Waals surface area contributed by atoms with Crippen molar-refractivity contribution < 1.29 is 0 Å². The summed E-state index contributed by atoms with van der Waals surface area (Å²) in [4.78, 5) is 0. The van der Waals surface area contributed by atoms with Crippen molar-refractivity contribution in [3.63, 3.8) is 0 Å². The lowest BCUT2D eigenvalue weighted by atomic mass is 9.80. The molecule has 0 heteroatoms. The van der Waals surface area contributed by atoms with E-state index in [1.54, 1.807) is 0 Å². The standard InChI is InChI=1S/2C57H40/c1-57(2)52-31-30-42(36-51(52)56-46-20-10-9-19-40(46)29-32-53(56)57)55-49-23-13-11-21-47(49)54(48-22-12-14-24-50(48)55)41-27-25-39(26-28-41)45-34-43(37-15-5-3-6-16-37)33-44(35-45)38-17-7-4-8-18-38;1-57(2)53-32-30-42(36-52(53)51-31-29-40-19-9-10-20-46(40)56(51)57)55-49-23-13-11-21-47(49)54(48-22-12-14-24-50(48)55)41-27-25-39(26-28-41)45-34-43(37-15-5-3-6-16-37)33-44(35-45)38-17-7-4-8-18-38/h2*3-36H,1-2H3. The van der Waals surface area contributed by atoms with Crippen molar-refractivity contribution >= 4 is 64.6 Å². The van der Waals surface area contributed by atoms with Crippen LogP contribution in [0, 0.1) is 0 Å². The first-order chi connectivity index (χ1) is 56.1. The molecule has 2 aliphatic rings. The zero-order valence-corrected chi connectivity index (χ0v) is 64.3. The van der Waals surface area contributed by atoms with E-state index in [2.05, 4.69) is 440 Å². The SMILES string of the molecule is CC1(C)c2ccc(-c3c4ccccc4c(-c4ccc(-c5cc(-c6ccccc6)cc(-c6ccccc6)c5)cc4)c4ccccc34)cc2-c2c1ccc1ccccc21.CC1(C)c2ccc(-c3c4ccccc4c(-c4ccc(-c5cc(-c6ccccc6)cc(-c6ccccc6)c5)cc4)c4ccccc34)cc2-c2ccc3ccccc3c21. The molecule has 0 atom stereocenters. The summed E-state index contributed by atoms with van der Waals surface area (Å²) in [5, 5.41) is 15.4. The minimum Gasteiger partial charge on any atom is -0.0622 e. The zero-order valence-electron chi connectivity index (χ0n) is 64.3. The topological polar surface area (TPSA) is 0 Å². The van der Waals surface area contributed by atoms with Gasteiger partial charge in [-0.05, 0) is 269 Å². The molecule has 0 bridgehead atoms. The lowest BCUT2D eigenvalue weighted by Crippen LogP contribution is -2.15. The van der Waals surface area contributed by atoms with Crippen molar-refractivity contribution in [1.82, 2.24) is 0 Å². The lowest BCUT2D eigenvalue weighted by molar-refractivity contribution is 0.661. The summed E-state index contributed by atoms with van der Waals surface area (Å²) in [6.45, 7) is 9.52. The third kappa shape index (κ3) is 11.4. The quantitative estimate of drug-likeness (QED) is 0.120. The third-order valence-electron chi connectivity index (χ3n) is 24.9. The Hall–Kier alpha value is -14.0. The number of hydrogen-bond donors (Lipinski definition) is 0. The van der Waals surface area contributed by atoms with Crippen molar-refractivity contribution in [2.75, 3.05) is 0 Å². The normalized spacial score (nSPS) is 12.9. The van der Waals surface area contributed by atoms with Crippen LogP contribution in [0.15, 0.2) is 413 Å². The molecule has 536 valence electrons. The highest BCUT2D eigenvalue weighted by atomic mass is 14.4. The maximum Gasteiger partial charge on any atom is 0.0165 e. The molecular formula is C114H80. The van der Waals surface area contributed by atoms with E-state index in [4.69, 9.17) is 0 Å². The Kier molecular flexibility index (Phi) is 16.4. The van der Waals surface area contributed by atoms with Crippen LogP contribution in [-0.2, 0) is 10.8 Å². The van der Waals surface area contributed by atoms with Gasteiger partial charge in [0.05, 0.1) is 0 Å². The molecule has 0 nitrogen and oxygen atoms in total. The molecule has 0 fully saturated rings. The van der Waals surface area contributed by atoms with Crippen molar-refractivity contribution in [3.8, 4) is 134 Å². The smallest absolute Gasteiger partial charge is 0.0165 e. The van der Waals surface area contributed by atoms with Crippen LogP contribution in [0.4, 0.5) is 0 Å². The molecule has 20 aromatic carbocycles. The Bertz CT molecular complexity index is 6980. The van der Waals surface area contributed by atoms with Crippen LogP contribution in [0.1, 0.15) is 49.9 Å². The van der Waals surface area contributed by atoms with Gasteiger partial charge in [-0.15, -0.1) is 0 Å². The van der Waals surface area contributed by atoms with Crippen molar-refractivity contribution in [2.45, 2.75) is 38.5 Å². The van der Waals surface area contributed by atoms with Gasteiger partial charge in [0.2, 0.25) is 0 Å². The van der Waals surface area contributed by atoms with Crippen molar-refractivity contribution in [2.24, 2.45) is 0 Å². The second kappa shape index (κ2) is 27.5. The van der Waals surface area contributed by atoms with E-state index in [1.165, 1.54) is 220 Å². The molecule has 0 N–H and O–H groups in total. The van der Waals surface area contributed by atoms with E-state index in [0.717, 1.165) is 0 Å². The van der Waals surface area contributed by atoms with E-state index in [9.17, 15) is 0 Å². The molecule has 0 spiro atoms.